The summed E-state index contributed by atoms with van der Waals surface area (Å²) in [4.78, 5) is 24.1. The van der Waals surface area contributed by atoms with Crippen molar-refractivity contribution in [1.82, 2.24) is 4.57 Å². The molecule has 0 fully saturated rings. The summed E-state index contributed by atoms with van der Waals surface area (Å²) in [6, 6.07) is 21.0. The largest absolute Gasteiger partial charge is 0.451 e. The fourth-order valence-electron chi connectivity index (χ4n) is 2.68. The highest BCUT2D eigenvalue weighted by Crippen LogP contribution is 2.19. The van der Waals surface area contributed by atoms with Gasteiger partial charge in [-0.05, 0) is 35.7 Å². The van der Waals surface area contributed by atoms with Gasteiger partial charge in [-0.15, -0.1) is 0 Å². The van der Waals surface area contributed by atoms with Crippen LogP contribution in [0.4, 0.5) is 5.69 Å². The van der Waals surface area contributed by atoms with Gasteiger partial charge in [-0.25, -0.2) is 4.79 Å². The summed E-state index contributed by atoms with van der Waals surface area (Å²) in [6.07, 6.45) is 2.46. The Kier molecular flexibility index (Phi) is 5.49. The molecule has 5 nitrogen and oxygen atoms in total. The Balaban J connectivity index is 1.61. The average molecular weight is 348 g/mol. The number of anilines is 1. The molecule has 132 valence electrons. The van der Waals surface area contributed by atoms with E-state index in [-0.39, 0.29) is 12.5 Å². The van der Waals surface area contributed by atoms with Crippen molar-refractivity contribution in [2.75, 3.05) is 11.9 Å². The Morgan fingerprint density at radius 2 is 1.69 bits per heavy atom. The Labute approximate surface area is 152 Å². The van der Waals surface area contributed by atoms with Gasteiger partial charge in [0.2, 0.25) is 0 Å². The normalized spacial score (nSPS) is 10.3. The first-order valence-electron chi connectivity index (χ1n) is 8.33. The van der Waals surface area contributed by atoms with Crippen LogP contribution < -0.4 is 5.32 Å². The van der Waals surface area contributed by atoms with E-state index in [1.54, 1.807) is 29.9 Å². The number of aromatic nitrogens is 1. The van der Waals surface area contributed by atoms with Crippen LogP contribution in [-0.2, 0) is 23.0 Å². The van der Waals surface area contributed by atoms with E-state index < -0.39 is 5.97 Å². The van der Waals surface area contributed by atoms with Gasteiger partial charge in [-0.2, -0.15) is 0 Å². The molecule has 26 heavy (non-hydrogen) atoms. The zero-order valence-corrected chi connectivity index (χ0v) is 14.5. The van der Waals surface area contributed by atoms with E-state index in [0.29, 0.717) is 12.1 Å². The van der Waals surface area contributed by atoms with E-state index in [2.05, 4.69) is 5.32 Å². The molecule has 5 heteroatoms. The van der Waals surface area contributed by atoms with Crippen molar-refractivity contribution in [2.45, 2.75) is 6.42 Å². The predicted octanol–water partition coefficient (Wildman–Crippen LogP) is 3.41. The molecule has 1 aromatic heterocycles. The second kappa shape index (κ2) is 8.16. The third-order valence-electron chi connectivity index (χ3n) is 4.02. The van der Waals surface area contributed by atoms with Crippen LogP contribution >= 0.6 is 0 Å². The summed E-state index contributed by atoms with van der Waals surface area (Å²) in [6.45, 7) is -0.330. The van der Waals surface area contributed by atoms with E-state index >= 15 is 0 Å². The molecule has 0 aliphatic rings. The van der Waals surface area contributed by atoms with E-state index in [4.69, 9.17) is 4.74 Å². The minimum Gasteiger partial charge on any atom is -0.451 e. The minimum atomic E-state index is -0.523. The van der Waals surface area contributed by atoms with Crippen molar-refractivity contribution in [2.24, 2.45) is 7.05 Å². The number of rotatable bonds is 6. The van der Waals surface area contributed by atoms with Crippen LogP contribution in [0.2, 0.25) is 0 Å². The first-order chi connectivity index (χ1) is 12.6. The van der Waals surface area contributed by atoms with Gasteiger partial charge in [0, 0.05) is 18.9 Å². The molecule has 0 aliphatic heterocycles. The molecule has 3 aromatic rings. The second-order valence-electron chi connectivity index (χ2n) is 5.95. The van der Waals surface area contributed by atoms with Crippen LogP contribution in [0, 0.1) is 0 Å². The number of hydrogen-bond donors (Lipinski definition) is 1. The average Bonchev–Trinajstić information content (AvgIpc) is 3.08. The molecular weight excluding hydrogens is 328 g/mol. The first-order valence-corrected chi connectivity index (χ1v) is 8.33. The van der Waals surface area contributed by atoms with Crippen molar-refractivity contribution in [1.29, 1.82) is 0 Å². The molecule has 2 aromatic carbocycles. The van der Waals surface area contributed by atoms with Crippen molar-refractivity contribution < 1.29 is 14.3 Å². The SMILES string of the molecule is Cn1cccc1C(=O)OCC(=O)Nc1ccccc1Cc1ccccc1. The topological polar surface area (TPSA) is 60.3 Å². The number of nitrogens with zero attached hydrogens (tertiary/aromatic N) is 1. The third kappa shape index (κ3) is 4.39. The summed E-state index contributed by atoms with van der Waals surface area (Å²) in [5.74, 6) is -0.890. The molecule has 0 saturated carbocycles. The molecule has 3 rings (SSSR count). The van der Waals surface area contributed by atoms with Crippen molar-refractivity contribution in [3.63, 3.8) is 0 Å². The number of aryl methyl sites for hydroxylation is 1. The number of carbonyl (C=O) groups excluding carboxylic acids is 2. The quantitative estimate of drug-likeness (QED) is 0.695. The van der Waals surface area contributed by atoms with E-state index in [9.17, 15) is 9.59 Å². The molecule has 1 amide bonds. The zero-order chi connectivity index (χ0) is 18.4. The molecule has 1 heterocycles. The van der Waals surface area contributed by atoms with E-state index in [1.165, 1.54) is 0 Å². The van der Waals surface area contributed by atoms with Crippen molar-refractivity contribution in [3.8, 4) is 0 Å². The lowest BCUT2D eigenvalue weighted by molar-refractivity contribution is -0.119. The van der Waals surface area contributed by atoms with Gasteiger partial charge in [0.15, 0.2) is 6.61 Å². The summed E-state index contributed by atoms with van der Waals surface area (Å²) in [5.41, 5.74) is 3.28. The van der Waals surface area contributed by atoms with Gasteiger partial charge in [0.25, 0.3) is 5.91 Å². The number of ether oxygens (including phenoxy) is 1. The molecule has 0 bridgehead atoms. The Bertz CT molecular complexity index is 900. The van der Waals surface area contributed by atoms with Crippen LogP contribution in [0.15, 0.2) is 72.9 Å². The Morgan fingerprint density at radius 3 is 2.42 bits per heavy atom. The molecule has 0 radical (unpaired) electrons. The fraction of sp³-hybridized carbons (Fsp3) is 0.143. The molecule has 0 spiro atoms. The van der Waals surface area contributed by atoms with Crippen molar-refractivity contribution >= 4 is 17.6 Å². The maximum Gasteiger partial charge on any atom is 0.355 e. The Hall–Kier alpha value is -3.34. The summed E-state index contributed by atoms with van der Waals surface area (Å²) in [5, 5.41) is 2.82. The monoisotopic (exact) mass is 348 g/mol. The number of benzene rings is 2. The van der Waals surface area contributed by atoms with Crippen LogP contribution in [0.25, 0.3) is 0 Å². The molecule has 0 unspecified atom stereocenters. The second-order valence-corrected chi connectivity index (χ2v) is 5.95. The molecule has 1 N–H and O–H groups in total. The van der Waals surface area contributed by atoms with Gasteiger partial charge in [-0.1, -0.05) is 48.5 Å². The van der Waals surface area contributed by atoms with Gasteiger partial charge >= 0.3 is 5.97 Å². The van der Waals surface area contributed by atoms with Crippen LogP contribution in [0.5, 0.6) is 0 Å². The number of nitrogens with one attached hydrogen (secondary N) is 1. The molecule has 0 atom stereocenters. The lowest BCUT2D eigenvalue weighted by atomic mass is 10.0. The highest BCUT2D eigenvalue weighted by Gasteiger charge is 2.13. The van der Waals surface area contributed by atoms with Crippen LogP contribution in [-0.4, -0.2) is 23.1 Å². The number of carbonyl (C=O) groups is 2. The highest BCUT2D eigenvalue weighted by atomic mass is 16.5. The smallest absolute Gasteiger partial charge is 0.355 e. The zero-order valence-electron chi connectivity index (χ0n) is 14.5. The fourth-order valence-corrected chi connectivity index (χ4v) is 2.68. The van der Waals surface area contributed by atoms with Gasteiger partial charge < -0.3 is 14.6 Å². The van der Waals surface area contributed by atoms with Gasteiger partial charge in [0.1, 0.15) is 5.69 Å². The predicted molar refractivity (Wildman–Crippen MR) is 100 cm³/mol. The lowest BCUT2D eigenvalue weighted by Crippen LogP contribution is -2.22. The molecule has 0 saturated heterocycles. The summed E-state index contributed by atoms with van der Waals surface area (Å²) >= 11 is 0. The number of esters is 1. The van der Waals surface area contributed by atoms with Gasteiger partial charge in [0.05, 0.1) is 0 Å². The molecule has 0 aliphatic carbocycles. The lowest BCUT2D eigenvalue weighted by Gasteiger charge is -2.11. The first kappa shape index (κ1) is 17.5. The van der Waals surface area contributed by atoms with E-state index in [0.717, 1.165) is 16.8 Å². The third-order valence-corrected chi connectivity index (χ3v) is 4.02. The number of hydrogen-bond acceptors (Lipinski definition) is 3. The minimum absolute atomic E-state index is 0.330. The maximum atomic E-state index is 12.2. The number of amides is 1. The summed E-state index contributed by atoms with van der Waals surface area (Å²) < 4.78 is 6.74. The van der Waals surface area contributed by atoms with E-state index in [1.807, 2.05) is 54.6 Å². The Morgan fingerprint density at radius 1 is 0.962 bits per heavy atom. The van der Waals surface area contributed by atoms with Gasteiger partial charge in [-0.3, -0.25) is 4.79 Å². The molecular formula is C21H20N2O3. The van der Waals surface area contributed by atoms with Crippen molar-refractivity contribution in [3.05, 3.63) is 89.7 Å². The number of para-hydroxylation sites is 1. The maximum absolute atomic E-state index is 12.2. The summed E-state index contributed by atoms with van der Waals surface area (Å²) in [7, 11) is 1.75. The standard InChI is InChI=1S/C21H20N2O3/c1-23-13-7-12-19(23)21(25)26-15-20(24)22-18-11-6-5-10-17(18)14-16-8-3-2-4-9-16/h2-13H,14-15H2,1H3,(H,22,24). The highest BCUT2D eigenvalue weighted by molar-refractivity contribution is 5.95. The van der Waals surface area contributed by atoms with Crippen LogP contribution in [0.3, 0.4) is 0 Å². The van der Waals surface area contributed by atoms with Crippen LogP contribution in [0.1, 0.15) is 21.6 Å².